The molecule has 1 unspecified atom stereocenters. The van der Waals surface area contributed by atoms with Gasteiger partial charge in [0.2, 0.25) is 0 Å². The topological polar surface area (TPSA) is 58.6 Å². The van der Waals surface area contributed by atoms with Gasteiger partial charge in [0.05, 0.1) is 12.2 Å². The van der Waals surface area contributed by atoms with Gasteiger partial charge < -0.3 is 14.5 Å². The van der Waals surface area contributed by atoms with Crippen molar-refractivity contribution in [2.24, 2.45) is 0 Å². The van der Waals surface area contributed by atoms with Crippen LogP contribution in [0.1, 0.15) is 33.6 Å². The molecule has 1 aromatic heterocycles. The van der Waals surface area contributed by atoms with Crippen molar-refractivity contribution in [3.8, 4) is 0 Å². The van der Waals surface area contributed by atoms with Gasteiger partial charge >= 0.3 is 6.09 Å². The maximum absolute atomic E-state index is 12.2. The third kappa shape index (κ3) is 4.31. The van der Waals surface area contributed by atoms with E-state index in [2.05, 4.69) is 14.9 Å². The number of hydrogen-bond donors (Lipinski definition) is 0. The fourth-order valence-electron chi connectivity index (χ4n) is 2.42. The van der Waals surface area contributed by atoms with Crippen LogP contribution < -0.4 is 4.90 Å². The van der Waals surface area contributed by atoms with Crippen molar-refractivity contribution in [1.82, 2.24) is 14.9 Å². The Balaban J connectivity index is 1.99. The molecule has 1 aliphatic heterocycles. The Morgan fingerprint density at radius 3 is 2.81 bits per heavy atom. The summed E-state index contributed by atoms with van der Waals surface area (Å²) < 4.78 is 5.43. The lowest BCUT2D eigenvalue weighted by Gasteiger charge is -2.38. The van der Waals surface area contributed by atoms with Crippen LogP contribution in [0.3, 0.4) is 0 Å². The number of anilines is 1. The van der Waals surface area contributed by atoms with Gasteiger partial charge in [-0.15, -0.1) is 0 Å². The zero-order valence-corrected chi connectivity index (χ0v) is 13.2. The molecule has 0 aliphatic carbocycles. The maximum atomic E-state index is 12.2. The molecular formula is C15H24N4O2. The Labute approximate surface area is 126 Å². The largest absolute Gasteiger partial charge is 0.444 e. The average Bonchev–Trinajstić information content (AvgIpc) is 2.46. The van der Waals surface area contributed by atoms with Crippen LogP contribution in [0.25, 0.3) is 0 Å². The molecule has 6 heteroatoms. The predicted molar refractivity (Wildman–Crippen MR) is 81.3 cm³/mol. The molecule has 0 spiro atoms. The highest BCUT2D eigenvalue weighted by atomic mass is 16.6. The van der Waals surface area contributed by atoms with Crippen molar-refractivity contribution in [3.63, 3.8) is 0 Å². The van der Waals surface area contributed by atoms with Gasteiger partial charge in [0.1, 0.15) is 11.4 Å². The number of aromatic nitrogens is 2. The molecule has 0 aromatic carbocycles. The van der Waals surface area contributed by atoms with Gasteiger partial charge in [-0.25, -0.2) is 9.78 Å². The van der Waals surface area contributed by atoms with Crippen molar-refractivity contribution in [3.05, 3.63) is 18.6 Å². The first-order valence-electron chi connectivity index (χ1n) is 7.33. The van der Waals surface area contributed by atoms with Crippen LogP contribution in [0.2, 0.25) is 0 Å². The number of carbonyl (C=O) groups is 1. The summed E-state index contributed by atoms with van der Waals surface area (Å²) in [5, 5.41) is 0. The van der Waals surface area contributed by atoms with Crippen LogP contribution in [0.15, 0.2) is 18.6 Å². The minimum atomic E-state index is -0.468. The number of rotatable bonds is 2. The highest BCUT2D eigenvalue weighted by Crippen LogP contribution is 2.21. The second-order valence-electron chi connectivity index (χ2n) is 6.40. The Morgan fingerprint density at radius 1 is 1.43 bits per heavy atom. The maximum Gasteiger partial charge on any atom is 0.410 e. The molecule has 116 valence electrons. The first-order chi connectivity index (χ1) is 9.87. The molecule has 1 atom stereocenters. The van der Waals surface area contributed by atoms with E-state index in [1.807, 2.05) is 20.8 Å². The number of carbonyl (C=O) groups excluding carboxylic acids is 1. The first-order valence-corrected chi connectivity index (χ1v) is 7.33. The Morgan fingerprint density at radius 2 is 2.19 bits per heavy atom. The molecule has 1 fully saturated rings. The zero-order chi connectivity index (χ0) is 15.5. The lowest BCUT2D eigenvalue weighted by molar-refractivity contribution is 0.0209. The van der Waals surface area contributed by atoms with E-state index in [4.69, 9.17) is 4.74 Å². The predicted octanol–water partition coefficient (Wildman–Crippen LogP) is 2.31. The van der Waals surface area contributed by atoms with E-state index in [0.717, 1.165) is 31.7 Å². The Bertz CT molecular complexity index is 472. The quantitative estimate of drug-likeness (QED) is 0.837. The molecule has 21 heavy (non-hydrogen) atoms. The normalized spacial score (nSPS) is 19.2. The van der Waals surface area contributed by atoms with Gasteiger partial charge in [-0.1, -0.05) is 0 Å². The summed E-state index contributed by atoms with van der Waals surface area (Å²) in [5.41, 5.74) is -0.468. The monoisotopic (exact) mass is 292 g/mol. The molecule has 0 bridgehead atoms. The molecule has 2 rings (SSSR count). The number of piperidine rings is 1. The van der Waals surface area contributed by atoms with E-state index in [0.29, 0.717) is 0 Å². The second-order valence-corrected chi connectivity index (χ2v) is 6.40. The minimum absolute atomic E-state index is 0.135. The minimum Gasteiger partial charge on any atom is -0.444 e. The lowest BCUT2D eigenvalue weighted by Crippen LogP contribution is -2.50. The van der Waals surface area contributed by atoms with E-state index in [1.165, 1.54) is 0 Å². The van der Waals surface area contributed by atoms with E-state index in [1.54, 1.807) is 30.5 Å². The van der Waals surface area contributed by atoms with Gasteiger partial charge in [0, 0.05) is 32.5 Å². The molecular weight excluding hydrogens is 268 g/mol. The van der Waals surface area contributed by atoms with Crippen LogP contribution in [-0.4, -0.2) is 52.7 Å². The number of ether oxygens (including phenoxy) is 1. The number of amides is 1. The van der Waals surface area contributed by atoms with Gasteiger partial charge in [-0.2, -0.15) is 0 Å². The van der Waals surface area contributed by atoms with Gasteiger partial charge in [0.15, 0.2) is 0 Å². The highest BCUT2D eigenvalue weighted by molar-refractivity contribution is 5.68. The number of likely N-dealkylation sites (N-methyl/N-ethyl adjacent to an activating group) is 1. The van der Waals surface area contributed by atoms with Crippen LogP contribution in [-0.2, 0) is 4.74 Å². The van der Waals surface area contributed by atoms with E-state index < -0.39 is 5.60 Å². The van der Waals surface area contributed by atoms with Crippen molar-refractivity contribution in [1.29, 1.82) is 0 Å². The zero-order valence-electron chi connectivity index (χ0n) is 13.2. The molecule has 1 saturated heterocycles. The molecule has 6 nitrogen and oxygen atoms in total. The lowest BCUT2D eigenvalue weighted by atomic mass is 10.0. The van der Waals surface area contributed by atoms with Crippen LogP contribution in [0.4, 0.5) is 10.6 Å². The van der Waals surface area contributed by atoms with Crippen molar-refractivity contribution >= 4 is 11.9 Å². The highest BCUT2D eigenvalue weighted by Gasteiger charge is 2.29. The third-order valence-corrected chi connectivity index (χ3v) is 3.50. The standard InChI is InChI=1S/C15H24N4O2/c1-15(2,3)21-14(20)18(4)12-6-5-9-19(11-12)13-10-16-7-8-17-13/h7-8,10,12H,5-6,9,11H2,1-4H3. The van der Waals surface area contributed by atoms with Crippen LogP contribution >= 0.6 is 0 Å². The summed E-state index contributed by atoms with van der Waals surface area (Å²) in [6, 6.07) is 0.135. The summed E-state index contributed by atoms with van der Waals surface area (Å²) in [4.78, 5) is 24.5. The molecule has 0 N–H and O–H groups in total. The molecule has 1 amide bonds. The number of hydrogen-bond acceptors (Lipinski definition) is 5. The summed E-state index contributed by atoms with van der Waals surface area (Å²) >= 11 is 0. The van der Waals surface area contributed by atoms with Crippen LogP contribution in [0.5, 0.6) is 0 Å². The molecule has 0 saturated carbocycles. The average molecular weight is 292 g/mol. The fraction of sp³-hybridized carbons (Fsp3) is 0.667. The van der Waals surface area contributed by atoms with E-state index in [-0.39, 0.29) is 12.1 Å². The smallest absolute Gasteiger partial charge is 0.410 e. The van der Waals surface area contributed by atoms with Gasteiger partial charge in [0.25, 0.3) is 0 Å². The van der Waals surface area contributed by atoms with Crippen molar-refractivity contribution in [2.45, 2.75) is 45.3 Å². The molecule has 1 aromatic rings. The fourth-order valence-corrected chi connectivity index (χ4v) is 2.42. The van der Waals surface area contributed by atoms with Crippen molar-refractivity contribution in [2.75, 3.05) is 25.0 Å². The Kier molecular flexibility index (Phi) is 4.65. The van der Waals surface area contributed by atoms with E-state index in [9.17, 15) is 4.79 Å². The summed E-state index contributed by atoms with van der Waals surface area (Å²) in [7, 11) is 1.80. The Hall–Kier alpha value is -1.85. The second kappa shape index (κ2) is 6.28. The number of nitrogens with zero attached hydrogens (tertiary/aromatic N) is 4. The molecule has 2 heterocycles. The SMILES string of the molecule is CN(C(=O)OC(C)(C)C)C1CCCN(c2cnccn2)C1. The third-order valence-electron chi connectivity index (χ3n) is 3.50. The molecule has 1 aliphatic rings. The summed E-state index contributed by atoms with van der Waals surface area (Å²) in [6.07, 6.45) is 6.85. The molecule has 0 radical (unpaired) electrons. The summed E-state index contributed by atoms with van der Waals surface area (Å²) in [6.45, 7) is 7.34. The van der Waals surface area contributed by atoms with Gasteiger partial charge in [-0.3, -0.25) is 4.98 Å². The van der Waals surface area contributed by atoms with E-state index >= 15 is 0 Å². The summed E-state index contributed by atoms with van der Waals surface area (Å²) in [5.74, 6) is 0.861. The first kappa shape index (κ1) is 15.5. The van der Waals surface area contributed by atoms with Crippen molar-refractivity contribution < 1.29 is 9.53 Å². The van der Waals surface area contributed by atoms with Crippen LogP contribution in [0, 0.1) is 0 Å². The van der Waals surface area contributed by atoms with Gasteiger partial charge in [-0.05, 0) is 33.6 Å².